The van der Waals surface area contributed by atoms with Crippen LogP contribution in [0, 0.1) is 11.3 Å². The van der Waals surface area contributed by atoms with E-state index >= 15 is 0 Å². The molecule has 1 aromatic heterocycles. The zero-order valence-electron chi connectivity index (χ0n) is 17.2. The molecule has 3 fully saturated rings. The summed E-state index contributed by atoms with van der Waals surface area (Å²) in [6.07, 6.45) is 6.37. The second kappa shape index (κ2) is 8.93. The second-order valence-corrected chi connectivity index (χ2v) is 8.80. The molecule has 0 amide bonds. The first-order chi connectivity index (χ1) is 13.7. The maximum atomic E-state index is 6.02. The van der Waals surface area contributed by atoms with Crippen molar-refractivity contribution in [3.63, 3.8) is 0 Å². The lowest BCUT2D eigenvalue weighted by Crippen LogP contribution is -2.44. The molecule has 28 heavy (non-hydrogen) atoms. The Bertz CT molecular complexity index is 636. The highest BCUT2D eigenvalue weighted by Gasteiger charge is 2.37. The lowest BCUT2D eigenvalue weighted by atomic mass is 9.80. The van der Waals surface area contributed by atoms with Gasteiger partial charge in [0.25, 0.3) is 0 Å². The van der Waals surface area contributed by atoms with E-state index in [1.807, 2.05) is 12.3 Å². The highest BCUT2D eigenvalue weighted by Crippen LogP contribution is 2.34. The summed E-state index contributed by atoms with van der Waals surface area (Å²) >= 11 is 0. The molecule has 3 saturated heterocycles. The number of nitrogens with zero attached hydrogens (tertiary/aromatic N) is 3. The molecular formula is C21H34N4O3. The third-order valence-electron chi connectivity index (χ3n) is 6.28. The van der Waals surface area contributed by atoms with E-state index in [9.17, 15) is 0 Å². The quantitative estimate of drug-likeness (QED) is 0.848. The molecule has 3 aliphatic heterocycles. The molecule has 1 N–H and O–H groups in total. The van der Waals surface area contributed by atoms with Gasteiger partial charge >= 0.3 is 0 Å². The van der Waals surface area contributed by atoms with Gasteiger partial charge in [-0.25, -0.2) is 4.98 Å². The zero-order chi connectivity index (χ0) is 19.4. The van der Waals surface area contributed by atoms with Crippen molar-refractivity contribution in [1.82, 2.24) is 9.97 Å². The molecule has 0 aliphatic carbocycles. The van der Waals surface area contributed by atoms with E-state index in [1.165, 1.54) is 0 Å². The number of nitrogens with one attached hydrogen (secondary N) is 1. The molecule has 0 bridgehead atoms. The minimum Gasteiger partial charge on any atom is -0.381 e. The van der Waals surface area contributed by atoms with Gasteiger partial charge in [0.2, 0.25) is 5.95 Å². The van der Waals surface area contributed by atoms with Crippen molar-refractivity contribution in [2.45, 2.75) is 51.7 Å². The van der Waals surface area contributed by atoms with Crippen molar-refractivity contribution in [1.29, 1.82) is 0 Å². The van der Waals surface area contributed by atoms with Crippen LogP contribution < -0.4 is 10.2 Å². The Hall–Kier alpha value is -1.44. The molecule has 0 radical (unpaired) electrons. The fourth-order valence-electron chi connectivity index (χ4n) is 4.66. The highest BCUT2D eigenvalue weighted by atomic mass is 16.5. The van der Waals surface area contributed by atoms with E-state index in [0.29, 0.717) is 12.0 Å². The van der Waals surface area contributed by atoms with Crippen molar-refractivity contribution in [3.8, 4) is 0 Å². The van der Waals surface area contributed by atoms with E-state index in [4.69, 9.17) is 19.2 Å². The number of aromatic nitrogens is 2. The number of hydrogen-bond acceptors (Lipinski definition) is 7. The van der Waals surface area contributed by atoms with Gasteiger partial charge in [-0.1, -0.05) is 13.8 Å². The molecule has 156 valence electrons. The monoisotopic (exact) mass is 390 g/mol. The van der Waals surface area contributed by atoms with E-state index < -0.39 is 0 Å². The van der Waals surface area contributed by atoms with E-state index in [0.717, 1.165) is 83.6 Å². The summed E-state index contributed by atoms with van der Waals surface area (Å²) in [5.74, 6) is 2.16. The van der Waals surface area contributed by atoms with Crippen LogP contribution in [0.4, 0.5) is 11.8 Å². The summed E-state index contributed by atoms with van der Waals surface area (Å²) in [5.41, 5.74) is 0.154. The first kappa shape index (κ1) is 19.9. The number of ether oxygens (including phenoxy) is 3. The summed E-state index contributed by atoms with van der Waals surface area (Å²) < 4.78 is 17.5. The number of anilines is 2. The average molecular weight is 391 g/mol. The molecule has 0 saturated carbocycles. The first-order valence-corrected chi connectivity index (χ1v) is 10.8. The molecule has 0 aromatic carbocycles. The van der Waals surface area contributed by atoms with Crippen LogP contribution in [0.1, 0.15) is 39.5 Å². The van der Waals surface area contributed by atoms with Gasteiger partial charge in [0.05, 0.1) is 25.4 Å². The summed E-state index contributed by atoms with van der Waals surface area (Å²) in [5, 5.41) is 3.62. The van der Waals surface area contributed by atoms with E-state index in [-0.39, 0.29) is 11.5 Å². The van der Waals surface area contributed by atoms with Crippen LogP contribution in [-0.2, 0) is 14.2 Å². The van der Waals surface area contributed by atoms with Crippen molar-refractivity contribution >= 4 is 11.8 Å². The van der Waals surface area contributed by atoms with Crippen molar-refractivity contribution in [3.05, 3.63) is 12.3 Å². The Kier molecular flexibility index (Phi) is 6.33. The molecule has 4 rings (SSSR count). The molecule has 7 heteroatoms. The Morgan fingerprint density at radius 2 is 2.04 bits per heavy atom. The third-order valence-corrected chi connectivity index (χ3v) is 6.28. The summed E-state index contributed by atoms with van der Waals surface area (Å²) in [6.45, 7) is 10.2. The topological polar surface area (TPSA) is 68.7 Å². The van der Waals surface area contributed by atoms with Crippen LogP contribution in [0.2, 0.25) is 0 Å². The molecule has 1 aromatic rings. The predicted molar refractivity (Wildman–Crippen MR) is 109 cm³/mol. The fourth-order valence-corrected chi connectivity index (χ4v) is 4.66. The Balaban J connectivity index is 1.48. The smallest absolute Gasteiger partial charge is 0.227 e. The van der Waals surface area contributed by atoms with E-state index in [2.05, 4.69) is 29.0 Å². The van der Waals surface area contributed by atoms with Crippen LogP contribution in [0.3, 0.4) is 0 Å². The summed E-state index contributed by atoms with van der Waals surface area (Å²) in [7, 11) is 0. The molecule has 0 unspecified atom stereocenters. The molecular weight excluding hydrogens is 356 g/mol. The van der Waals surface area contributed by atoms with Gasteiger partial charge in [0, 0.05) is 44.5 Å². The highest BCUT2D eigenvalue weighted by molar-refractivity contribution is 5.42. The fraction of sp³-hybridized carbons (Fsp3) is 0.810. The van der Waals surface area contributed by atoms with Crippen LogP contribution in [0.25, 0.3) is 0 Å². The Morgan fingerprint density at radius 1 is 1.18 bits per heavy atom. The van der Waals surface area contributed by atoms with Crippen LogP contribution in [0.15, 0.2) is 12.3 Å². The van der Waals surface area contributed by atoms with Gasteiger partial charge < -0.3 is 24.4 Å². The second-order valence-electron chi connectivity index (χ2n) is 8.80. The lowest BCUT2D eigenvalue weighted by molar-refractivity contribution is -0.0241. The number of rotatable bonds is 4. The summed E-state index contributed by atoms with van der Waals surface area (Å²) in [4.78, 5) is 11.7. The SMILES string of the molecule is CC(C)[C@H]1OCCC[C@@H]1Nc1ccnc(N2CCOCC3(CCOCC3)C2)n1. The molecule has 2 atom stereocenters. The maximum absolute atomic E-state index is 6.02. The summed E-state index contributed by atoms with van der Waals surface area (Å²) in [6, 6.07) is 2.26. The van der Waals surface area contributed by atoms with Crippen molar-refractivity contribution < 1.29 is 14.2 Å². The van der Waals surface area contributed by atoms with Gasteiger partial charge in [-0.05, 0) is 37.7 Å². The predicted octanol–water partition coefficient (Wildman–Crippen LogP) is 2.73. The van der Waals surface area contributed by atoms with Crippen LogP contribution >= 0.6 is 0 Å². The standard InChI is InChI=1S/C21H34N4O3/c1-16(2)19-17(4-3-10-28-19)23-18-5-8-22-20(24-18)25-9-13-27-15-21(14-25)6-11-26-12-7-21/h5,8,16-17,19H,3-4,6-7,9-15H2,1-2H3,(H,22,23,24)/t17-,19+/m0/s1. The normalized spacial score (nSPS) is 28.3. The minimum atomic E-state index is 0.154. The largest absolute Gasteiger partial charge is 0.381 e. The third kappa shape index (κ3) is 4.58. The van der Waals surface area contributed by atoms with Gasteiger partial charge in [0.1, 0.15) is 5.82 Å². The average Bonchev–Trinajstić information content (AvgIpc) is 2.92. The van der Waals surface area contributed by atoms with Crippen LogP contribution in [-0.4, -0.2) is 68.2 Å². The van der Waals surface area contributed by atoms with Gasteiger partial charge in [0.15, 0.2) is 0 Å². The lowest BCUT2D eigenvalue weighted by Gasteiger charge is -2.38. The zero-order valence-corrected chi connectivity index (χ0v) is 17.2. The Labute approximate surface area is 168 Å². The first-order valence-electron chi connectivity index (χ1n) is 10.8. The molecule has 1 spiro atoms. The van der Waals surface area contributed by atoms with E-state index in [1.54, 1.807) is 0 Å². The van der Waals surface area contributed by atoms with Crippen molar-refractivity contribution in [2.24, 2.45) is 11.3 Å². The molecule has 4 heterocycles. The van der Waals surface area contributed by atoms with Gasteiger partial charge in [-0.15, -0.1) is 0 Å². The van der Waals surface area contributed by atoms with Gasteiger partial charge in [-0.3, -0.25) is 0 Å². The maximum Gasteiger partial charge on any atom is 0.227 e. The number of hydrogen-bond donors (Lipinski definition) is 1. The molecule has 7 nitrogen and oxygen atoms in total. The Morgan fingerprint density at radius 3 is 2.86 bits per heavy atom. The van der Waals surface area contributed by atoms with Crippen molar-refractivity contribution in [2.75, 3.05) is 56.3 Å². The van der Waals surface area contributed by atoms with Crippen LogP contribution in [0.5, 0.6) is 0 Å². The van der Waals surface area contributed by atoms with Gasteiger partial charge in [-0.2, -0.15) is 4.98 Å². The molecule has 3 aliphatic rings. The minimum absolute atomic E-state index is 0.154.